The lowest BCUT2D eigenvalue weighted by Gasteiger charge is -2.11. The van der Waals surface area contributed by atoms with Crippen LogP contribution in [-0.2, 0) is 4.79 Å². The Bertz CT molecular complexity index is 409. The first-order chi connectivity index (χ1) is 8.13. The van der Waals surface area contributed by atoms with Crippen LogP contribution in [0.4, 0.5) is 0 Å². The summed E-state index contributed by atoms with van der Waals surface area (Å²) >= 11 is 0. The maximum Gasteiger partial charge on any atom is 0.218 e. The first-order valence-corrected chi connectivity index (χ1v) is 5.30. The number of aliphatic hydroxyl groups excluding tert-OH is 1. The number of carbonyl (C=O) groups excluding carboxylic acids is 1. The highest BCUT2D eigenvalue weighted by atomic mass is 16.3. The maximum atomic E-state index is 10.5. The third-order valence-electron chi connectivity index (χ3n) is 2.31. The third-order valence-corrected chi connectivity index (χ3v) is 2.31. The zero-order valence-electron chi connectivity index (χ0n) is 9.39. The van der Waals surface area contributed by atoms with Gasteiger partial charge in [0.05, 0.1) is 17.7 Å². The van der Waals surface area contributed by atoms with Gasteiger partial charge in [-0.1, -0.05) is 12.1 Å². The standard InChI is InChI=1S/C12H15N3O2/c13-7-9-1-3-10(4-2-9)11(16)8-15-6-5-12(14)17/h1-4,11,15-16H,5-6,8H2,(H2,14,17). The van der Waals surface area contributed by atoms with Crippen molar-refractivity contribution >= 4 is 5.91 Å². The van der Waals surface area contributed by atoms with Crippen LogP contribution in [-0.4, -0.2) is 24.1 Å². The van der Waals surface area contributed by atoms with Crippen molar-refractivity contribution in [3.63, 3.8) is 0 Å². The summed E-state index contributed by atoms with van der Waals surface area (Å²) in [4.78, 5) is 10.5. The predicted octanol–water partition coefficient (Wildman–Crippen LogP) is 0.0567. The van der Waals surface area contributed by atoms with Gasteiger partial charge in [-0.05, 0) is 17.7 Å². The monoisotopic (exact) mass is 233 g/mol. The van der Waals surface area contributed by atoms with Crippen molar-refractivity contribution in [1.82, 2.24) is 5.32 Å². The van der Waals surface area contributed by atoms with E-state index in [1.165, 1.54) is 0 Å². The van der Waals surface area contributed by atoms with Gasteiger partial charge in [0.25, 0.3) is 0 Å². The first-order valence-electron chi connectivity index (χ1n) is 5.30. The molecule has 0 saturated carbocycles. The average Bonchev–Trinajstić information content (AvgIpc) is 2.34. The van der Waals surface area contributed by atoms with Gasteiger partial charge in [0, 0.05) is 19.5 Å². The molecule has 0 aromatic heterocycles. The minimum Gasteiger partial charge on any atom is -0.387 e. The molecule has 0 aliphatic rings. The Balaban J connectivity index is 2.39. The number of aliphatic hydroxyl groups is 1. The Kier molecular flexibility index (Phi) is 5.14. The van der Waals surface area contributed by atoms with Crippen molar-refractivity contribution in [1.29, 1.82) is 5.26 Å². The molecule has 0 aliphatic heterocycles. The fourth-order valence-corrected chi connectivity index (χ4v) is 1.35. The number of hydrogen-bond acceptors (Lipinski definition) is 4. The number of carbonyl (C=O) groups is 1. The van der Waals surface area contributed by atoms with Crippen molar-refractivity contribution < 1.29 is 9.90 Å². The Morgan fingerprint density at radius 1 is 1.47 bits per heavy atom. The molecule has 1 aromatic rings. The summed E-state index contributed by atoms with van der Waals surface area (Å²) in [6.07, 6.45) is -0.407. The van der Waals surface area contributed by atoms with Crippen LogP contribution in [0.2, 0.25) is 0 Å². The number of nitrogens with two attached hydrogens (primary N) is 1. The molecule has 0 spiro atoms. The fraction of sp³-hybridized carbons (Fsp3) is 0.333. The Hall–Kier alpha value is -1.90. The lowest BCUT2D eigenvalue weighted by Crippen LogP contribution is -2.26. The smallest absolute Gasteiger partial charge is 0.218 e. The number of nitriles is 1. The van der Waals surface area contributed by atoms with Crippen LogP contribution in [0.25, 0.3) is 0 Å². The maximum absolute atomic E-state index is 10.5. The van der Waals surface area contributed by atoms with E-state index in [1.807, 2.05) is 6.07 Å². The Labute approximate surface area is 99.9 Å². The van der Waals surface area contributed by atoms with Crippen LogP contribution < -0.4 is 11.1 Å². The SMILES string of the molecule is N#Cc1ccc(C(O)CNCCC(N)=O)cc1. The van der Waals surface area contributed by atoms with Gasteiger partial charge in [0.1, 0.15) is 0 Å². The number of amides is 1. The number of nitrogens with one attached hydrogen (secondary N) is 1. The van der Waals surface area contributed by atoms with E-state index >= 15 is 0 Å². The predicted molar refractivity (Wildman–Crippen MR) is 62.8 cm³/mol. The van der Waals surface area contributed by atoms with E-state index in [-0.39, 0.29) is 12.3 Å². The van der Waals surface area contributed by atoms with Gasteiger partial charge in [-0.15, -0.1) is 0 Å². The second-order valence-electron chi connectivity index (χ2n) is 3.67. The van der Waals surface area contributed by atoms with Gasteiger partial charge in [0.2, 0.25) is 5.91 Å². The Morgan fingerprint density at radius 3 is 2.65 bits per heavy atom. The molecule has 1 rings (SSSR count). The zero-order chi connectivity index (χ0) is 12.7. The normalized spacial score (nSPS) is 11.8. The zero-order valence-corrected chi connectivity index (χ0v) is 9.39. The molecule has 90 valence electrons. The second-order valence-corrected chi connectivity index (χ2v) is 3.67. The summed E-state index contributed by atoms with van der Waals surface area (Å²) in [5.41, 5.74) is 6.27. The molecule has 1 aromatic carbocycles. The molecule has 1 amide bonds. The van der Waals surface area contributed by atoms with Crippen molar-refractivity contribution in [2.75, 3.05) is 13.1 Å². The minimum atomic E-state index is -0.657. The fourth-order valence-electron chi connectivity index (χ4n) is 1.35. The van der Waals surface area contributed by atoms with Crippen LogP contribution in [0.1, 0.15) is 23.7 Å². The number of nitrogens with zero attached hydrogens (tertiary/aromatic N) is 1. The van der Waals surface area contributed by atoms with Crippen molar-refractivity contribution in [3.8, 4) is 6.07 Å². The molecule has 0 radical (unpaired) electrons. The molecule has 17 heavy (non-hydrogen) atoms. The lowest BCUT2D eigenvalue weighted by molar-refractivity contribution is -0.117. The molecule has 0 fully saturated rings. The number of rotatable bonds is 6. The molecule has 0 aliphatic carbocycles. The average molecular weight is 233 g/mol. The van der Waals surface area contributed by atoms with Crippen LogP contribution in [0.15, 0.2) is 24.3 Å². The highest BCUT2D eigenvalue weighted by Crippen LogP contribution is 2.12. The van der Waals surface area contributed by atoms with Crippen molar-refractivity contribution in [3.05, 3.63) is 35.4 Å². The van der Waals surface area contributed by atoms with Gasteiger partial charge < -0.3 is 16.2 Å². The summed E-state index contributed by atoms with van der Waals surface area (Å²) in [5.74, 6) is -0.370. The molecule has 5 nitrogen and oxygen atoms in total. The summed E-state index contributed by atoms with van der Waals surface area (Å²) in [6.45, 7) is 0.794. The molecule has 0 heterocycles. The molecule has 0 bridgehead atoms. The van der Waals surface area contributed by atoms with E-state index in [1.54, 1.807) is 24.3 Å². The van der Waals surface area contributed by atoms with Crippen LogP contribution in [0.5, 0.6) is 0 Å². The summed E-state index contributed by atoms with van der Waals surface area (Å²) in [7, 11) is 0. The molecular formula is C12H15N3O2. The number of primary amides is 1. The van der Waals surface area contributed by atoms with E-state index in [0.717, 1.165) is 5.56 Å². The van der Waals surface area contributed by atoms with Gasteiger partial charge in [0.15, 0.2) is 0 Å². The van der Waals surface area contributed by atoms with Crippen LogP contribution in [0.3, 0.4) is 0 Å². The van der Waals surface area contributed by atoms with Crippen molar-refractivity contribution in [2.24, 2.45) is 5.73 Å². The molecule has 1 unspecified atom stereocenters. The summed E-state index contributed by atoms with van der Waals surface area (Å²) in [6, 6.07) is 8.73. The Morgan fingerprint density at radius 2 is 2.12 bits per heavy atom. The van der Waals surface area contributed by atoms with Crippen LogP contribution in [0, 0.1) is 11.3 Å². The molecule has 5 heteroatoms. The molecule has 1 atom stereocenters. The van der Waals surface area contributed by atoms with E-state index in [0.29, 0.717) is 18.7 Å². The second kappa shape index (κ2) is 6.63. The first kappa shape index (κ1) is 13.2. The topological polar surface area (TPSA) is 99.1 Å². The summed E-state index contributed by atoms with van der Waals surface area (Å²) in [5, 5.41) is 21.3. The van der Waals surface area contributed by atoms with Gasteiger partial charge >= 0.3 is 0 Å². The molecular weight excluding hydrogens is 218 g/mol. The van der Waals surface area contributed by atoms with Gasteiger partial charge in [-0.3, -0.25) is 4.79 Å². The summed E-state index contributed by atoms with van der Waals surface area (Å²) < 4.78 is 0. The number of hydrogen-bond donors (Lipinski definition) is 3. The van der Waals surface area contributed by atoms with E-state index < -0.39 is 6.10 Å². The quantitative estimate of drug-likeness (QED) is 0.605. The van der Waals surface area contributed by atoms with E-state index in [2.05, 4.69) is 5.32 Å². The molecule has 0 saturated heterocycles. The molecule has 4 N–H and O–H groups in total. The number of benzene rings is 1. The van der Waals surface area contributed by atoms with Crippen LogP contribution >= 0.6 is 0 Å². The lowest BCUT2D eigenvalue weighted by atomic mass is 10.1. The minimum absolute atomic E-state index is 0.250. The van der Waals surface area contributed by atoms with Gasteiger partial charge in [-0.25, -0.2) is 0 Å². The third kappa shape index (κ3) is 4.64. The van der Waals surface area contributed by atoms with Crippen molar-refractivity contribution in [2.45, 2.75) is 12.5 Å². The van der Waals surface area contributed by atoms with Gasteiger partial charge in [-0.2, -0.15) is 5.26 Å². The highest BCUT2D eigenvalue weighted by Gasteiger charge is 2.06. The highest BCUT2D eigenvalue weighted by molar-refractivity contribution is 5.73. The van der Waals surface area contributed by atoms with E-state index in [9.17, 15) is 9.90 Å². The largest absolute Gasteiger partial charge is 0.387 e. The van der Waals surface area contributed by atoms with E-state index in [4.69, 9.17) is 11.0 Å².